The minimum Gasteiger partial charge on any atom is -0.349 e. The standard InChI is InChI=1S/C16H22N2O3/c1-11-8-9-14(18(20)21)10-15(11)16(19)17-12(2)13-6-4-3-5-7-13/h8-10,12-13H,3-7H2,1-2H3,(H,17,19)/t12-/m1/s1. The number of hydrogen-bond donors (Lipinski definition) is 1. The Bertz CT molecular complexity index is 536. The van der Waals surface area contributed by atoms with Crippen LogP contribution < -0.4 is 5.32 Å². The molecule has 2 rings (SSSR count). The second-order valence-corrected chi connectivity index (χ2v) is 5.92. The number of non-ortho nitro benzene ring substituents is 1. The second-order valence-electron chi connectivity index (χ2n) is 5.92. The lowest BCUT2D eigenvalue weighted by Gasteiger charge is -2.28. The number of nitrogens with zero attached hydrogens (tertiary/aromatic N) is 1. The van der Waals surface area contributed by atoms with Gasteiger partial charge in [-0.05, 0) is 38.2 Å². The molecule has 0 aliphatic heterocycles. The summed E-state index contributed by atoms with van der Waals surface area (Å²) in [7, 11) is 0. The number of rotatable bonds is 4. The average molecular weight is 290 g/mol. The molecule has 114 valence electrons. The van der Waals surface area contributed by atoms with E-state index in [1.807, 2.05) is 6.92 Å². The van der Waals surface area contributed by atoms with Crippen LogP contribution in [-0.4, -0.2) is 16.9 Å². The summed E-state index contributed by atoms with van der Waals surface area (Å²) in [5.41, 5.74) is 1.11. The van der Waals surface area contributed by atoms with Gasteiger partial charge in [-0.15, -0.1) is 0 Å². The Labute approximate surface area is 124 Å². The highest BCUT2D eigenvalue weighted by Crippen LogP contribution is 2.26. The van der Waals surface area contributed by atoms with Crippen LogP contribution in [0.1, 0.15) is 54.9 Å². The zero-order valence-electron chi connectivity index (χ0n) is 12.6. The number of carbonyl (C=O) groups excluding carboxylic acids is 1. The molecule has 1 aliphatic carbocycles. The lowest BCUT2D eigenvalue weighted by atomic mass is 9.84. The summed E-state index contributed by atoms with van der Waals surface area (Å²) in [5, 5.41) is 13.8. The maximum atomic E-state index is 12.4. The Morgan fingerprint density at radius 1 is 1.33 bits per heavy atom. The third-order valence-corrected chi connectivity index (χ3v) is 4.39. The van der Waals surface area contributed by atoms with Gasteiger partial charge in [0.2, 0.25) is 0 Å². The third-order valence-electron chi connectivity index (χ3n) is 4.39. The first-order chi connectivity index (χ1) is 9.99. The van der Waals surface area contributed by atoms with Crippen molar-refractivity contribution in [3.05, 3.63) is 39.4 Å². The van der Waals surface area contributed by atoms with Gasteiger partial charge in [-0.2, -0.15) is 0 Å². The van der Waals surface area contributed by atoms with E-state index in [0.29, 0.717) is 11.5 Å². The molecule has 1 aromatic rings. The van der Waals surface area contributed by atoms with Crippen LogP contribution in [0.2, 0.25) is 0 Å². The highest BCUT2D eigenvalue weighted by molar-refractivity contribution is 5.96. The molecule has 0 radical (unpaired) electrons. The van der Waals surface area contributed by atoms with Crippen molar-refractivity contribution in [2.45, 2.75) is 52.0 Å². The lowest BCUT2D eigenvalue weighted by Crippen LogP contribution is -2.39. The molecule has 0 saturated heterocycles. The van der Waals surface area contributed by atoms with Gasteiger partial charge in [-0.3, -0.25) is 14.9 Å². The van der Waals surface area contributed by atoms with E-state index in [1.165, 1.54) is 31.4 Å². The molecule has 0 aromatic heterocycles. The van der Waals surface area contributed by atoms with Crippen molar-refractivity contribution in [3.63, 3.8) is 0 Å². The number of nitro benzene ring substituents is 1. The topological polar surface area (TPSA) is 72.2 Å². The molecule has 5 nitrogen and oxygen atoms in total. The summed E-state index contributed by atoms with van der Waals surface area (Å²) in [5.74, 6) is 0.302. The molecule has 1 amide bonds. The highest BCUT2D eigenvalue weighted by atomic mass is 16.6. The summed E-state index contributed by atoms with van der Waals surface area (Å²) >= 11 is 0. The third kappa shape index (κ3) is 3.80. The number of nitrogens with one attached hydrogen (secondary N) is 1. The quantitative estimate of drug-likeness (QED) is 0.680. The molecule has 1 aliphatic rings. The SMILES string of the molecule is Cc1ccc([N+](=O)[O-])cc1C(=O)N[C@H](C)C1CCCCC1. The molecule has 1 saturated carbocycles. The van der Waals surface area contributed by atoms with Crippen molar-refractivity contribution in [2.75, 3.05) is 0 Å². The van der Waals surface area contributed by atoms with Gasteiger partial charge in [0.25, 0.3) is 11.6 Å². The van der Waals surface area contributed by atoms with E-state index in [4.69, 9.17) is 0 Å². The fourth-order valence-electron chi connectivity index (χ4n) is 3.00. The van der Waals surface area contributed by atoms with Gasteiger partial charge in [0, 0.05) is 23.7 Å². The van der Waals surface area contributed by atoms with Crippen LogP contribution in [0.3, 0.4) is 0 Å². The van der Waals surface area contributed by atoms with Crippen molar-refractivity contribution in [3.8, 4) is 0 Å². The molecule has 1 atom stereocenters. The molecular weight excluding hydrogens is 268 g/mol. The first kappa shape index (κ1) is 15.5. The van der Waals surface area contributed by atoms with Gasteiger partial charge in [0.05, 0.1) is 4.92 Å². The number of amides is 1. The first-order valence-corrected chi connectivity index (χ1v) is 7.55. The van der Waals surface area contributed by atoms with Gasteiger partial charge in [0.1, 0.15) is 0 Å². The zero-order chi connectivity index (χ0) is 15.4. The van der Waals surface area contributed by atoms with E-state index in [2.05, 4.69) is 5.32 Å². The van der Waals surface area contributed by atoms with E-state index in [1.54, 1.807) is 13.0 Å². The van der Waals surface area contributed by atoms with E-state index < -0.39 is 4.92 Å². The summed E-state index contributed by atoms with van der Waals surface area (Å²) in [6.45, 7) is 3.82. The number of benzene rings is 1. The van der Waals surface area contributed by atoms with E-state index in [-0.39, 0.29) is 17.6 Å². The van der Waals surface area contributed by atoms with Crippen LogP contribution in [0.15, 0.2) is 18.2 Å². The van der Waals surface area contributed by atoms with E-state index in [9.17, 15) is 14.9 Å². The smallest absolute Gasteiger partial charge is 0.270 e. The van der Waals surface area contributed by atoms with Crippen LogP contribution in [0.4, 0.5) is 5.69 Å². The zero-order valence-corrected chi connectivity index (χ0v) is 12.6. The van der Waals surface area contributed by atoms with Gasteiger partial charge < -0.3 is 5.32 Å². The maximum Gasteiger partial charge on any atom is 0.270 e. The summed E-state index contributed by atoms with van der Waals surface area (Å²) in [6, 6.07) is 4.52. The molecule has 1 N–H and O–H groups in total. The number of nitro groups is 1. The monoisotopic (exact) mass is 290 g/mol. The summed E-state index contributed by atoms with van der Waals surface area (Å²) < 4.78 is 0. The number of carbonyl (C=O) groups is 1. The van der Waals surface area contributed by atoms with E-state index >= 15 is 0 Å². The van der Waals surface area contributed by atoms with Crippen LogP contribution in [0.5, 0.6) is 0 Å². The molecule has 0 bridgehead atoms. The molecule has 0 spiro atoms. The highest BCUT2D eigenvalue weighted by Gasteiger charge is 2.23. The van der Waals surface area contributed by atoms with Crippen LogP contribution in [0.25, 0.3) is 0 Å². The molecule has 0 unspecified atom stereocenters. The molecule has 21 heavy (non-hydrogen) atoms. The largest absolute Gasteiger partial charge is 0.349 e. The number of aryl methyl sites for hydroxylation is 1. The van der Waals surface area contributed by atoms with Gasteiger partial charge in [-0.25, -0.2) is 0 Å². The summed E-state index contributed by atoms with van der Waals surface area (Å²) in [6.07, 6.45) is 6.02. The second kappa shape index (κ2) is 6.70. The average Bonchev–Trinajstić information content (AvgIpc) is 2.48. The minimum atomic E-state index is -0.471. The van der Waals surface area contributed by atoms with E-state index in [0.717, 1.165) is 18.4 Å². The molecule has 0 heterocycles. The predicted molar refractivity (Wildman–Crippen MR) is 81.3 cm³/mol. The van der Waals surface area contributed by atoms with Crippen molar-refractivity contribution < 1.29 is 9.72 Å². The van der Waals surface area contributed by atoms with Crippen LogP contribution in [0, 0.1) is 23.0 Å². The molecular formula is C16H22N2O3. The summed E-state index contributed by atoms with van der Waals surface area (Å²) in [4.78, 5) is 22.7. The Balaban J connectivity index is 2.08. The molecule has 5 heteroatoms. The Morgan fingerprint density at radius 3 is 2.62 bits per heavy atom. The van der Waals surface area contributed by atoms with Crippen molar-refractivity contribution in [1.29, 1.82) is 0 Å². The van der Waals surface area contributed by atoms with Gasteiger partial charge in [-0.1, -0.05) is 25.3 Å². The molecule has 1 aromatic carbocycles. The minimum absolute atomic E-state index is 0.0453. The van der Waals surface area contributed by atoms with Crippen molar-refractivity contribution in [1.82, 2.24) is 5.32 Å². The lowest BCUT2D eigenvalue weighted by molar-refractivity contribution is -0.384. The van der Waals surface area contributed by atoms with Gasteiger partial charge >= 0.3 is 0 Å². The van der Waals surface area contributed by atoms with Crippen molar-refractivity contribution in [2.24, 2.45) is 5.92 Å². The molecule has 1 fully saturated rings. The van der Waals surface area contributed by atoms with Crippen LogP contribution >= 0.6 is 0 Å². The maximum absolute atomic E-state index is 12.4. The Kier molecular flexibility index (Phi) is 4.94. The fraction of sp³-hybridized carbons (Fsp3) is 0.562. The predicted octanol–water partition coefficient (Wildman–Crippen LogP) is 3.60. The van der Waals surface area contributed by atoms with Crippen LogP contribution in [-0.2, 0) is 0 Å². The normalized spacial score (nSPS) is 17.2. The number of hydrogen-bond acceptors (Lipinski definition) is 3. The van der Waals surface area contributed by atoms with Gasteiger partial charge in [0.15, 0.2) is 0 Å². The first-order valence-electron chi connectivity index (χ1n) is 7.55. The Morgan fingerprint density at radius 2 is 2.00 bits per heavy atom. The van der Waals surface area contributed by atoms with Crippen molar-refractivity contribution >= 4 is 11.6 Å². The fourth-order valence-corrected chi connectivity index (χ4v) is 3.00. The Hall–Kier alpha value is -1.91.